The Hall–Kier alpha value is -2.04. The second-order valence-corrected chi connectivity index (χ2v) is 4.48. The van der Waals surface area contributed by atoms with Crippen molar-refractivity contribution < 1.29 is 19.1 Å². The van der Waals surface area contributed by atoms with Gasteiger partial charge in [0.25, 0.3) is 5.91 Å². The average molecular weight is 263 g/mol. The molecule has 0 saturated carbocycles. The van der Waals surface area contributed by atoms with Gasteiger partial charge in [-0.25, -0.2) is 0 Å². The second kappa shape index (κ2) is 5.73. The van der Waals surface area contributed by atoms with E-state index in [-0.39, 0.29) is 6.04 Å². The van der Waals surface area contributed by atoms with Crippen molar-refractivity contribution in [2.75, 3.05) is 13.7 Å². The van der Waals surface area contributed by atoms with Crippen LogP contribution < -0.4 is 14.8 Å². The maximum atomic E-state index is 11.5. The zero-order valence-corrected chi connectivity index (χ0v) is 11.1. The van der Waals surface area contributed by atoms with Crippen LogP contribution in [-0.2, 0) is 9.59 Å². The highest BCUT2D eigenvalue weighted by Gasteiger charge is 2.23. The van der Waals surface area contributed by atoms with E-state index in [4.69, 9.17) is 9.47 Å². The van der Waals surface area contributed by atoms with Crippen LogP contribution in [0.4, 0.5) is 0 Å². The number of ether oxygens (including phenoxy) is 2. The summed E-state index contributed by atoms with van der Waals surface area (Å²) in [4.78, 5) is 22.6. The first kappa shape index (κ1) is 13.4. The molecule has 1 amide bonds. The Kier molecular flexibility index (Phi) is 4.04. The molecule has 1 unspecified atom stereocenters. The van der Waals surface area contributed by atoms with Gasteiger partial charge in [0.05, 0.1) is 19.8 Å². The van der Waals surface area contributed by atoms with E-state index in [1.807, 2.05) is 12.1 Å². The normalized spacial score (nSPS) is 17.7. The topological polar surface area (TPSA) is 64.6 Å². The summed E-state index contributed by atoms with van der Waals surface area (Å²) in [6, 6.07) is 5.29. The Morgan fingerprint density at radius 1 is 1.42 bits per heavy atom. The molecule has 0 bridgehead atoms. The van der Waals surface area contributed by atoms with Crippen LogP contribution in [0.5, 0.6) is 11.5 Å². The van der Waals surface area contributed by atoms with E-state index in [2.05, 4.69) is 5.32 Å². The van der Waals surface area contributed by atoms with Gasteiger partial charge < -0.3 is 14.8 Å². The Morgan fingerprint density at radius 3 is 2.89 bits per heavy atom. The number of ketones is 1. The number of carbonyl (C=O) groups excluding carboxylic acids is 2. The number of nitrogens with one attached hydrogen (secondary N) is 1. The number of methoxy groups -OCH3 is 1. The van der Waals surface area contributed by atoms with Gasteiger partial charge in [-0.1, -0.05) is 0 Å². The largest absolute Gasteiger partial charge is 0.497 e. The summed E-state index contributed by atoms with van der Waals surface area (Å²) in [5, 5.41) is 2.74. The van der Waals surface area contributed by atoms with E-state index in [1.54, 1.807) is 13.2 Å². The number of hydrogen-bond acceptors (Lipinski definition) is 4. The van der Waals surface area contributed by atoms with E-state index in [1.165, 1.54) is 6.92 Å². The molecule has 0 spiro atoms. The number of fused-ring (bicyclic) bond motifs is 1. The van der Waals surface area contributed by atoms with Gasteiger partial charge in [-0.3, -0.25) is 9.59 Å². The molecule has 19 heavy (non-hydrogen) atoms. The predicted molar refractivity (Wildman–Crippen MR) is 69.3 cm³/mol. The molecule has 2 rings (SSSR count). The third-order valence-corrected chi connectivity index (χ3v) is 3.12. The monoisotopic (exact) mass is 263 g/mol. The van der Waals surface area contributed by atoms with Crippen LogP contribution in [0.15, 0.2) is 18.2 Å². The first-order valence-electron chi connectivity index (χ1n) is 6.24. The Morgan fingerprint density at radius 2 is 2.21 bits per heavy atom. The zero-order valence-electron chi connectivity index (χ0n) is 11.1. The lowest BCUT2D eigenvalue weighted by Gasteiger charge is -2.18. The van der Waals surface area contributed by atoms with Gasteiger partial charge in [-0.05, 0) is 25.0 Å². The molecule has 0 aliphatic carbocycles. The molecule has 102 valence electrons. The lowest BCUT2D eigenvalue weighted by molar-refractivity contribution is -0.137. The SMILES string of the molecule is COc1ccc2c(c1)OCCCC2NC(=O)C(C)=O. The highest BCUT2D eigenvalue weighted by molar-refractivity contribution is 6.35. The molecule has 0 aromatic heterocycles. The van der Waals surface area contributed by atoms with Gasteiger partial charge in [0.1, 0.15) is 11.5 Å². The Balaban J connectivity index is 2.27. The predicted octanol–water partition coefficient (Wildman–Crippen LogP) is 1.61. The van der Waals surface area contributed by atoms with Crippen LogP contribution >= 0.6 is 0 Å². The highest BCUT2D eigenvalue weighted by atomic mass is 16.5. The Bertz CT molecular complexity index is 498. The van der Waals surface area contributed by atoms with Crippen molar-refractivity contribution in [3.05, 3.63) is 23.8 Å². The van der Waals surface area contributed by atoms with E-state index in [9.17, 15) is 9.59 Å². The first-order valence-corrected chi connectivity index (χ1v) is 6.24. The number of hydrogen-bond donors (Lipinski definition) is 1. The highest BCUT2D eigenvalue weighted by Crippen LogP contribution is 2.34. The van der Waals surface area contributed by atoms with E-state index >= 15 is 0 Å². The van der Waals surface area contributed by atoms with Crippen LogP contribution in [-0.4, -0.2) is 25.4 Å². The van der Waals surface area contributed by atoms with Crippen LogP contribution in [0.1, 0.15) is 31.4 Å². The quantitative estimate of drug-likeness (QED) is 0.841. The smallest absolute Gasteiger partial charge is 0.287 e. The maximum absolute atomic E-state index is 11.5. The van der Waals surface area contributed by atoms with Gasteiger partial charge in [-0.2, -0.15) is 0 Å². The molecule has 1 atom stereocenters. The standard InChI is InChI=1S/C14H17NO4/c1-9(16)14(17)15-12-4-3-7-19-13-8-10(18-2)5-6-11(12)13/h5-6,8,12H,3-4,7H2,1-2H3,(H,15,17). The van der Waals surface area contributed by atoms with Crippen molar-refractivity contribution in [2.45, 2.75) is 25.8 Å². The summed E-state index contributed by atoms with van der Waals surface area (Å²) >= 11 is 0. The van der Waals surface area contributed by atoms with Gasteiger partial charge >= 0.3 is 0 Å². The van der Waals surface area contributed by atoms with Crippen molar-refractivity contribution in [1.82, 2.24) is 5.32 Å². The molecular formula is C14H17NO4. The molecule has 1 aromatic rings. The minimum Gasteiger partial charge on any atom is -0.497 e. The number of Topliss-reactive ketones (excluding diaryl/α,β-unsaturated/α-hetero) is 1. The van der Waals surface area contributed by atoms with Crippen LogP contribution in [0.3, 0.4) is 0 Å². The maximum Gasteiger partial charge on any atom is 0.287 e. The zero-order chi connectivity index (χ0) is 13.8. The number of amides is 1. The number of rotatable bonds is 3. The molecule has 1 aliphatic heterocycles. The molecule has 1 N–H and O–H groups in total. The summed E-state index contributed by atoms with van der Waals surface area (Å²) in [5.74, 6) is 0.358. The minimum absolute atomic E-state index is 0.195. The Labute approximate surface area is 111 Å². The fourth-order valence-electron chi connectivity index (χ4n) is 2.09. The summed E-state index contributed by atoms with van der Waals surface area (Å²) in [6.07, 6.45) is 1.57. The lowest BCUT2D eigenvalue weighted by atomic mass is 10.0. The lowest BCUT2D eigenvalue weighted by Crippen LogP contribution is -2.32. The first-order chi connectivity index (χ1) is 9.11. The molecule has 1 aromatic carbocycles. The van der Waals surface area contributed by atoms with Crippen molar-refractivity contribution in [2.24, 2.45) is 0 Å². The summed E-state index contributed by atoms with van der Waals surface area (Å²) in [7, 11) is 1.59. The van der Waals surface area contributed by atoms with E-state index < -0.39 is 11.7 Å². The minimum atomic E-state index is -0.561. The van der Waals surface area contributed by atoms with Crippen molar-refractivity contribution >= 4 is 11.7 Å². The van der Waals surface area contributed by atoms with E-state index in [0.29, 0.717) is 18.1 Å². The number of benzene rings is 1. The molecule has 1 heterocycles. The molecule has 0 radical (unpaired) electrons. The second-order valence-electron chi connectivity index (χ2n) is 4.48. The molecule has 5 heteroatoms. The summed E-state index contributed by atoms with van der Waals surface area (Å²) in [6.45, 7) is 1.85. The number of carbonyl (C=O) groups is 2. The van der Waals surface area contributed by atoms with Crippen molar-refractivity contribution in [3.63, 3.8) is 0 Å². The van der Waals surface area contributed by atoms with Gasteiger partial charge in [-0.15, -0.1) is 0 Å². The molecule has 0 saturated heterocycles. The third kappa shape index (κ3) is 3.05. The van der Waals surface area contributed by atoms with Crippen molar-refractivity contribution in [1.29, 1.82) is 0 Å². The molecule has 5 nitrogen and oxygen atoms in total. The van der Waals surface area contributed by atoms with E-state index in [0.717, 1.165) is 18.4 Å². The fourth-order valence-corrected chi connectivity index (χ4v) is 2.09. The van der Waals surface area contributed by atoms with Crippen LogP contribution in [0.2, 0.25) is 0 Å². The average Bonchev–Trinajstić information content (AvgIpc) is 2.60. The van der Waals surface area contributed by atoms with Gasteiger partial charge in [0, 0.05) is 18.6 Å². The molecule has 0 fully saturated rings. The van der Waals surface area contributed by atoms with Crippen LogP contribution in [0, 0.1) is 0 Å². The van der Waals surface area contributed by atoms with Crippen LogP contribution in [0.25, 0.3) is 0 Å². The van der Waals surface area contributed by atoms with Gasteiger partial charge in [0.15, 0.2) is 0 Å². The van der Waals surface area contributed by atoms with Gasteiger partial charge in [0.2, 0.25) is 5.78 Å². The summed E-state index contributed by atoms with van der Waals surface area (Å²) in [5.41, 5.74) is 0.882. The molecule has 1 aliphatic rings. The third-order valence-electron chi connectivity index (χ3n) is 3.12. The fraction of sp³-hybridized carbons (Fsp3) is 0.429. The molecular weight excluding hydrogens is 246 g/mol. The summed E-state index contributed by atoms with van der Waals surface area (Å²) < 4.78 is 10.8. The van der Waals surface area contributed by atoms with Crippen molar-refractivity contribution in [3.8, 4) is 11.5 Å².